The second-order valence-electron chi connectivity index (χ2n) is 3.69. The Bertz CT molecular complexity index is 589. The Hall–Kier alpha value is -1.40. The number of nitrogens with one attached hydrogen (secondary N) is 2. The maximum Gasteiger partial charge on any atom is 0.304 e. The quantitative estimate of drug-likeness (QED) is 0.846. The molecule has 4 nitrogen and oxygen atoms in total. The third-order valence-corrected chi connectivity index (χ3v) is 3.75. The Kier molecular flexibility index (Phi) is 4.33. The number of amides is 1. The number of aromatic nitrogens is 1. The van der Waals surface area contributed by atoms with Crippen LogP contribution in [0.3, 0.4) is 0 Å². The molecule has 1 heterocycles. The number of alkyl halides is 1. The SMILES string of the molecule is O=C(NCc1csc(=O)[nH]1)c1ccc(CBr)cc1. The fourth-order valence-corrected chi connectivity index (χ4v) is 2.38. The molecule has 0 saturated carbocycles. The van der Waals surface area contributed by atoms with E-state index in [1.807, 2.05) is 12.1 Å². The molecule has 18 heavy (non-hydrogen) atoms. The Morgan fingerprint density at radius 2 is 2.06 bits per heavy atom. The number of hydrogen-bond acceptors (Lipinski definition) is 3. The molecule has 0 aliphatic carbocycles. The zero-order valence-electron chi connectivity index (χ0n) is 9.40. The largest absolute Gasteiger partial charge is 0.346 e. The summed E-state index contributed by atoms with van der Waals surface area (Å²) in [5.41, 5.74) is 2.45. The van der Waals surface area contributed by atoms with Gasteiger partial charge in [-0.25, -0.2) is 0 Å². The van der Waals surface area contributed by atoms with Crippen molar-refractivity contribution in [1.82, 2.24) is 10.3 Å². The van der Waals surface area contributed by atoms with Crippen molar-refractivity contribution in [2.45, 2.75) is 11.9 Å². The highest BCUT2D eigenvalue weighted by molar-refractivity contribution is 9.08. The lowest BCUT2D eigenvalue weighted by atomic mass is 10.1. The zero-order chi connectivity index (χ0) is 13.0. The summed E-state index contributed by atoms with van der Waals surface area (Å²) in [6.45, 7) is 0.331. The molecule has 0 atom stereocenters. The Morgan fingerprint density at radius 3 is 2.61 bits per heavy atom. The van der Waals surface area contributed by atoms with E-state index in [-0.39, 0.29) is 10.8 Å². The topological polar surface area (TPSA) is 62.0 Å². The van der Waals surface area contributed by atoms with Gasteiger partial charge in [0.1, 0.15) is 0 Å². The van der Waals surface area contributed by atoms with Crippen molar-refractivity contribution in [3.05, 3.63) is 56.1 Å². The van der Waals surface area contributed by atoms with Crippen LogP contribution in [0, 0.1) is 0 Å². The van der Waals surface area contributed by atoms with E-state index in [1.165, 1.54) is 0 Å². The maximum atomic E-state index is 11.8. The van der Waals surface area contributed by atoms with E-state index >= 15 is 0 Å². The van der Waals surface area contributed by atoms with Crippen molar-refractivity contribution in [3.8, 4) is 0 Å². The van der Waals surface area contributed by atoms with Gasteiger partial charge in [-0.1, -0.05) is 39.4 Å². The van der Waals surface area contributed by atoms with E-state index in [0.29, 0.717) is 12.1 Å². The molecule has 0 aliphatic rings. The molecule has 0 spiro atoms. The van der Waals surface area contributed by atoms with Crippen LogP contribution in [0.4, 0.5) is 0 Å². The minimum absolute atomic E-state index is 0.110. The van der Waals surface area contributed by atoms with Crippen LogP contribution >= 0.6 is 27.3 Å². The predicted molar refractivity (Wildman–Crippen MR) is 75.2 cm³/mol. The molecular formula is C12H11BrN2O2S. The van der Waals surface area contributed by atoms with Crippen molar-refractivity contribution in [2.75, 3.05) is 0 Å². The fraction of sp³-hybridized carbons (Fsp3) is 0.167. The van der Waals surface area contributed by atoms with Crippen LogP contribution in [0.2, 0.25) is 0 Å². The Labute approximate surface area is 116 Å². The van der Waals surface area contributed by atoms with Crippen LogP contribution in [-0.4, -0.2) is 10.9 Å². The third-order valence-electron chi connectivity index (χ3n) is 2.38. The van der Waals surface area contributed by atoms with Crippen LogP contribution in [0.1, 0.15) is 21.6 Å². The van der Waals surface area contributed by atoms with Gasteiger partial charge in [0.25, 0.3) is 5.91 Å². The first kappa shape index (κ1) is 13.0. The predicted octanol–water partition coefficient (Wildman–Crippen LogP) is 2.26. The number of aromatic amines is 1. The number of rotatable bonds is 4. The number of carbonyl (C=O) groups is 1. The van der Waals surface area contributed by atoms with Gasteiger partial charge in [0, 0.05) is 22.0 Å². The van der Waals surface area contributed by atoms with Crippen molar-refractivity contribution in [1.29, 1.82) is 0 Å². The lowest BCUT2D eigenvalue weighted by Gasteiger charge is -2.04. The summed E-state index contributed by atoms with van der Waals surface area (Å²) in [6, 6.07) is 7.36. The molecule has 6 heteroatoms. The molecule has 0 unspecified atom stereocenters. The fourth-order valence-electron chi connectivity index (χ4n) is 1.42. The number of hydrogen-bond donors (Lipinski definition) is 2. The summed E-state index contributed by atoms with van der Waals surface area (Å²) in [6.07, 6.45) is 0. The lowest BCUT2D eigenvalue weighted by Crippen LogP contribution is -2.23. The van der Waals surface area contributed by atoms with Crippen LogP contribution in [0.25, 0.3) is 0 Å². The number of halogens is 1. The molecule has 1 amide bonds. The molecule has 94 valence electrons. The number of carbonyl (C=O) groups excluding carboxylic acids is 1. The monoisotopic (exact) mass is 326 g/mol. The summed E-state index contributed by atoms with van der Waals surface area (Å²) in [7, 11) is 0. The standard InChI is InChI=1S/C12H11BrN2O2S/c13-5-8-1-3-9(4-2-8)11(16)14-6-10-7-18-12(17)15-10/h1-4,7H,5-6H2,(H,14,16)(H,15,17). The van der Waals surface area contributed by atoms with Crippen LogP contribution in [0.15, 0.2) is 34.4 Å². The van der Waals surface area contributed by atoms with E-state index in [1.54, 1.807) is 17.5 Å². The van der Waals surface area contributed by atoms with Gasteiger partial charge in [0.2, 0.25) is 0 Å². The van der Waals surface area contributed by atoms with Gasteiger partial charge in [0.05, 0.1) is 6.54 Å². The molecule has 0 radical (unpaired) electrons. The second-order valence-corrected chi connectivity index (χ2v) is 5.09. The van der Waals surface area contributed by atoms with Gasteiger partial charge in [0.15, 0.2) is 0 Å². The minimum atomic E-state index is -0.150. The molecule has 1 aromatic heterocycles. The van der Waals surface area contributed by atoms with E-state index in [4.69, 9.17) is 0 Å². The van der Waals surface area contributed by atoms with E-state index in [2.05, 4.69) is 26.2 Å². The van der Waals surface area contributed by atoms with Gasteiger partial charge in [-0.2, -0.15) is 0 Å². The summed E-state index contributed by atoms with van der Waals surface area (Å²) in [4.78, 5) is 25.3. The Balaban J connectivity index is 1.96. The molecule has 0 aliphatic heterocycles. The molecular weight excluding hydrogens is 316 g/mol. The van der Waals surface area contributed by atoms with Crippen LogP contribution in [-0.2, 0) is 11.9 Å². The zero-order valence-corrected chi connectivity index (χ0v) is 11.8. The summed E-state index contributed by atoms with van der Waals surface area (Å²) >= 11 is 4.44. The maximum absolute atomic E-state index is 11.8. The normalized spacial score (nSPS) is 10.3. The van der Waals surface area contributed by atoms with Crippen molar-refractivity contribution in [2.24, 2.45) is 0 Å². The number of thiazole rings is 1. The molecule has 1 aromatic carbocycles. The average molecular weight is 327 g/mol. The highest BCUT2D eigenvalue weighted by atomic mass is 79.9. The van der Waals surface area contributed by atoms with Gasteiger partial charge in [-0.05, 0) is 17.7 Å². The lowest BCUT2D eigenvalue weighted by molar-refractivity contribution is 0.0950. The van der Waals surface area contributed by atoms with E-state index < -0.39 is 0 Å². The average Bonchev–Trinajstić information content (AvgIpc) is 2.82. The third kappa shape index (κ3) is 3.30. The molecule has 0 saturated heterocycles. The number of H-pyrrole nitrogens is 1. The second kappa shape index (κ2) is 5.97. The summed E-state index contributed by atoms with van der Waals surface area (Å²) in [5.74, 6) is -0.150. The van der Waals surface area contributed by atoms with Gasteiger partial charge in [-0.3, -0.25) is 9.59 Å². The summed E-state index contributed by atoms with van der Waals surface area (Å²) in [5, 5.41) is 5.23. The van der Waals surface area contributed by atoms with Gasteiger partial charge >= 0.3 is 4.87 Å². The molecule has 0 fully saturated rings. The first-order valence-electron chi connectivity index (χ1n) is 5.29. The van der Waals surface area contributed by atoms with Gasteiger partial charge < -0.3 is 10.3 Å². The smallest absolute Gasteiger partial charge is 0.304 e. The molecule has 0 bridgehead atoms. The summed E-state index contributed by atoms with van der Waals surface area (Å²) < 4.78 is 0. The van der Waals surface area contributed by atoms with Crippen molar-refractivity contribution >= 4 is 33.2 Å². The van der Waals surface area contributed by atoms with E-state index in [9.17, 15) is 9.59 Å². The van der Waals surface area contributed by atoms with Crippen molar-refractivity contribution in [3.63, 3.8) is 0 Å². The highest BCUT2D eigenvalue weighted by Gasteiger charge is 2.05. The van der Waals surface area contributed by atoms with Gasteiger partial charge in [-0.15, -0.1) is 0 Å². The highest BCUT2D eigenvalue weighted by Crippen LogP contribution is 2.08. The van der Waals surface area contributed by atoms with Crippen LogP contribution < -0.4 is 10.2 Å². The first-order chi connectivity index (χ1) is 8.69. The minimum Gasteiger partial charge on any atom is -0.346 e. The first-order valence-corrected chi connectivity index (χ1v) is 7.29. The number of benzene rings is 1. The van der Waals surface area contributed by atoms with Crippen molar-refractivity contribution < 1.29 is 4.79 Å². The van der Waals surface area contributed by atoms with Crippen LogP contribution in [0.5, 0.6) is 0 Å². The molecule has 2 N–H and O–H groups in total. The Morgan fingerprint density at radius 1 is 1.33 bits per heavy atom. The van der Waals surface area contributed by atoms with E-state index in [0.717, 1.165) is 27.9 Å². The molecule has 2 rings (SSSR count). The molecule has 2 aromatic rings.